The summed E-state index contributed by atoms with van der Waals surface area (Å²) in [5.41, 5.74) is 0.542. The molecule has 2 nitrogen and oxygen atoms in total. The van der Waals surface area contributed by atoms with Crippen molar-refractivity contribution in [1.82, 2.24) is 0 Å². The summed E-state index contributed by atoms with van der Waals surface area (Å²) in [7, 11) is 0. The van der Waals surface area contributed by atoms with Crippen molar-refractivity contribution < 1.29 is 18.3 Å². The molecular formula is C8H6F2O2. The molecule has 1 aromatic carbocycles. The van der Waals surface area contributed by atoms with Crippen LogP contribution in [-0.2, 0) is 11.3 Å². The largest absolute Gasteiger partial charge is 0.464 e. The van der Waals surface area contributed by atoms with Crippen LogP contribution in [-0.4, -0.2) is 6.79 Å². The summed E-state index contributed by atoms with van der Waals surface area (Å²) in [5, 5.41) is 0. The zero-order valence-electron chi connectivity index (χ0n) is 6.14. The van der Waals surface area contributed by atoms with E-state index in [1.165, 1.54) is 6.07 Å². The molecule has 0 unspecified atom stereocenters. The molecule has 0 N–H and O–H groups in total. The fourth-order valence-electron chi connectivity index (χ4n) is 1.09. The standard InChI is InChI=1S/C8H6F2O2/c9-6-2-1-5-3-11-4-12-8(5)7(6)10/h1-2H,3-4H2. The molecule has 0 amide bonds. The van der Waals surface area contributed by atoms with Crippen molar-refractivity contribution in [2.45, 2.75) is 6.61 Å². The van der Waals surface area contributed by atoms with Gasteiger partial charge in [-0.1, -0.05) is 0 Å². The summed E-state index contributed by atoms with van der Waals surface area (Å²) in [6, 6.07) is 2.51. The van der Waals surface area contributed by atoms with E-state index < -0.39 is 11.6 Å². The summed E-state index contributed by atoms with van der Waals surface area (Å²) < 4.78 is 35.2. The zero-order valence-corrected chi connectivity index (χ0v) is 6.14. The Balaban J connectivity index is 2.54. The lowest BCUT2D eigenvalue weighted by Crippen LogP contribution is -2.13. The highest BCUT2D eigenvalue weighted by Crippen LogP contribution is 2.28. The lowest BCUT2D eigenvalue weighted by molar-refractivity contribution is -0.0195. The number of rotatable bonds is 0. The van der Waals surface area contributed by atoms with Crippen molar-refractivity contribution in [2.24, 2.45) is 0 Å². The van der Waals surface area contributed by atoms with Gasteiger partial charge in [0.1, 0.15) is 0 Å². The van der Waals surface area contributed by atoms with Crippen LogP contribution in [0.1, 0.15) is 5.56 Å². The lowest BCUT2D eigenvalue weighted by atomic mass is 10.2. The minimum atomic E-state index is -0.934. The van der Waals surface area contributed by atoms with Gasteiger partial charge in [-0.05, 0) is 12.1 Å². The topological polar surface area (TPSA) is 18.5 Å². The van der Waals surface area contributed by atoms with Crippen molar-refractivity contribution in [3.8, 4) is 5.75 Å². The van der Waals surface area contributed by atoms with Gasteiger partial charge >= 0.3 is 0 Å². The van der Waals surface area contributed by atoms with Gasteiger partial charge in [0.25, 0.3) is 0 Å². The van der Waals surface area contributed by atoms with Crippen LogP contribution in [0.4, 0.5) is 8.78 Å². The molecule has 0 bridgehead atoms. The average molecular weight is 172 g/mol. The second-order valence-corrected chi connectivity index (χ2v) is 2.46. The van der Waals surface area contributed by atoms with Gasteiger partial charge in [-0.25, -0.2) is 4.39 Å². The Bertz CT molecular complexity index is 312. The van der Waals surface area contributed by atoms with Crippen LogP contribution in [0.15, 0.2) is 12.1 Å². The smallest absolute Gasteiger partial charge is 0.201 e. The maximum atomic E-state index is 12.9. The van der Waals surface area contributed by atoms with Crippen LogP contribution >= 0.6 is 0 Å². The molecule has 0 aromatic heterocycles. The van der Waals surface area contributed by atoms with Crippen molar-refractivity contribution in [3.05, 3.63) is 29.3 Å². The van der Waals surface area contributed by atoms with E-state index in [2.05, 4.69) is 0 Å². The number of benzene rings is 1. The van der Waals surface area contributed by atoms with E-state index in [1.807, 2.05) is 0 Å². The van der Waals surface area contributed by atoms with E-state index >= 15 is 0 Å². The first-order valence-corrected chi connectivity index (χ1v) is 3.46. The molecule has 1 aliphatic rings. The Labute approximate surface area is 67.7 Å². The Morgan fingerprint density at radius 1 is 1.25 bits per heavy atom. The summed E-state index contributed by atoms with van der Waals surface area (Å²) in [5.74, 6) is -1.85. The van der Waals surface area contributed by atoms with Gasteiger partial charge in [-0.3, -0.25) is 0 Å². The molecule has 1 heterocycles. The van der Waals surface area contributed by atoms with Crippen molar-refractivity contribution in [1.29, 1.82) is 0 Å². The fourth-order valence-corrected chi connectivity index (χ4v) is 1.09. The van der Waals surface area contributed by atoms with Crippen molar-refractivity contribution >= 4 is 0 Å². The molecule has 0 aliphatic carbocycles. The Hall–Kier alpha value is -1.16. The van der Waals surface area contributed by atoms with Crippen LogP contribution in [0.3, 0.4) is 0 Å². The molecule has 64 valence electrons. The SMILES string of the molecule is Fc1ccc2c(c1F)OCOC2. The van der Waals surface area contributed by atoms with Gasteiger partial charge in [0.15, 0.2) is 18.4 Å². The number of hydrogen-bond acceptors (Lipinski definition) is 2. The third-order valence-corrected chi connectivity index (χ3v) is 1.68. The molecule has 0 spiro atoms. The summed E-state index contributed by atoms with van der Waals surface area (Å²) in [6.45, 7) is 0.250. The molecular weight excluding hydrogens is 166 g/mol. The molecule has 0 atom stereocenters. The maximum absolute atomic E-state index is 12.9. The molecule has 1 aromatic rings. The molecule has 2 rings (SSSR count). The van der Waals surface area contributed by atoms with E-state index in [0.717, 1.165) is 6.07 Å². The molecule has 0 saturated carbocycles. The highest BCUT2D eigenvalue weighted by atomic mass is 19.2. The van der Waals surface area contributed by atoms with Gasteiger partial charge in [-0.15, -0.1) is 0 Å². The lowest BCUT2D eigenvalue weighted by Gasteiger charge is -2.17. The minimum absolute atomic E-state index is 0.0205. The Morgan fingerprint density at radius 3 is 2.92 bits per heavy atom. The normalized spacial score (nSPS) is 15.2. The number of ether oxygens (including phenoxy) is 2. The number of hydrogen-bond donors (Lipinski definition) is 0. The number of halogens is 2. The predicted molar refractivity (Wildman–Crippen MR) is 36.6 cm³/mol. The highest BCUT2D eigenvalue weighted by molar-refractivity contribution is 5.35. The van der Waals surface area contributed by atoms with Gasteiger partial charge in [0.05, 0.1) is 6.61 Å². The third-order valence-electron chi connectivity index (χ3n) is 1.68. The molecule has 0 saturated heterocycles. The second kappa shape index (κ2) is 2.71. The highest BCUT2D eigenvalue weighted by Gasteiger charge is 2.18. The summed E-state index contributed by atoms with van der Waals surface area (Å²) in [6.07, 6.45) is 0. The average Bonchev–Trinajstić information content (AvgIpc) is 2.12. The van der Waals surface area contributed by atoms with Crippen molar-refractivity contribution in [2.75, 3.05) is 6.79 Å². The predicted octanol–water partition coefficient (Wildman–Crippen LogP) is 1.83. The monoisotopic (exact) mass is 172 g/mol. The Morgan fingerprint density at radius 2 is 2.08 bits per heavy atom. The van der Waals surface area contributed by atoms with E-state index in [9.17, 15) is 8.78 Å². The molecule has 0 radical (unpaired) electrons. The zero-order chi connectivity index (χ0) is 8.55. The molecule has 4 heteroatoms. The first-order valence-electron chi connectivity index (χ1n) is 3.46. The van der Waals surface area contributed by atoms with Gasteiger partial charge < -0.3 is 9.47 Å². The minimum Gasteiger partial charge on any atom is -0.464 e. The molecule has 0 fully saturated rings. The van der Waals surface area contributed by atoms with Crippen LogP contribution in [0.25, 0.3) is 0 Å². The van der Waals surface area contributed by atoms with Gasteiger partial charge in [0, 0.05) is 5.56 Å². The van der Waals surface area contributed by atoms with Crippen LogP contribution in [0.5, 0.6) is 5.75 Å². The second-order valence-electron chi connectivity index (χ2n) is 2.46. The van der Waals surface area contributed by atoms with Crippen molar-refractivity contribution in [3.63, 3.8) is 0 Å². The van der Waals surface area contributed by atoms with E-state index in [-0.39, 0.29) is 19.1 Å². The van der Waals surface area contributed by atoms with E-state index in [4.69, 9.17) is 9.47 Å². The van der Waals surface area contributed by atoms with E-state index in [1.54, 1.807) is 0 Å². The Kier molecular flexibility index (Phi) is 1.69. The third kappa shape index (κ3) is 1.04. The van der Waals surface area contributed by atoms with Crippen LogP contribution < -0.4 is 4.74 Å². The molecule has 12 heavy (non-hydrogen) atoms. The number of fused-ring (bicyclic) bond motifs is 1. The maximum Gasteiger partial charge on any atom is 0.201 e. The van der Waals surface area contributed by atoms with Gasteiger partial charge in [0.2, 0.25) is 5.82 Å². The first kappa shape index (κ1) is 7.49. The fraction of sp³-hybridized carbons (Fsp3) is 0.250. The van der Waals surface area contributed by atoms with E-state index in [0.29, 0.717) is 5.56 Å². The van der Waals surface area contributed by atoms with Crippen LogP contribution in [0.2, 0.25) is 0 Å². The quantitative estimate of drug-likeness (QED) is 0.594. The van der Waals surface area contributed by atoms with Gasteiger partial charge in [-0.2, -0.15) is 4.39 Å². The van der Waals surface area contributed by atoms with Crippen LogP contribution in [0, 0.1) is 11.6 Å². The molecule has 1 aliphatic heterocycles. The first-order chi connectivity index (χ1) is 5.79. The summed E-state index contributed by atoms with van der Waals surface area (Å²) >= 11 is 0. The summed E-state index contributed by atoms with van der Waals surface area (Å²) in [4.78, 5) is 0.